The lowest BCUT2D eigenvalue weighted by Crippen LogP contribution is -2.19. The first-order valence-corrected chi connectivity index (χ1v) is 11.2. The fraction of sp³-hybridized carbons (Fsp3) is 0.278. The average Bonchev–Trinajstić information content (AvgIpc) is 3.03. The third-order valence-corrected chi connectivity index (χ3v) is 4.98. The van der Waals surface area contributed by atoms with E-state index >= 15 is 0 Å². The fourth-order valence-electron chi connectivity index (χ4n) is 2.76. The summed E-state index contributed by atoms with van der Waals surface area (Å²) in [6, 6.07) is 4.77. The van der Waals surface area contributed by atoms with E-state index in [4.69, 9.17) is 16.3 Å². The molecule has 0 radical (unpaired) electrons. The zero-order valence-corrected chi connectivity index (χ0v) is 18.7. The Hall–Kier alpha value is -3.25. The predicted octanol–water partition coefficient (Wildman–Crippen LogP) is 2.92. The van der Waals surface area contributed by atoms with Gasteiger partial charge in [-0.25, -0.2) is 17.9 Å². The molecule has 1 atom stereocenters. The van der Waals surface area contributed by atoms with Gasteiger partial charge in [0.15, 0.2) is 11.5 Å². The van der Waals surface area contributed by atoms with Gasteiger partial charge in [-0.2, -0.15) is 0 Å². The van der Waals surface area contributed by atoms with E-state index in [0.29, 0.717) is 33.4 Å². The Morgan fingerprint density at radius 2 is 2.00 bits per heavy atom. The van der Waals surface area contributed by atoms with Crippen LogP contribution >= 0.6 is 11.6 Å². The molecule has 13 heteroatoms. The number of amides is 1. The number of halogens is 1. The molecule has 0 saturated carbocycles. The summed E-state index contributed by atoms with van der Waals surface area (Å²) in [6.45, 7) is 3.50. The molecule has 2 N–H and O–H groups in total. The lowest BCUT2D eigenvalue weighted by Gasteiger charge is -2.16. The molecule has 0 saturated heterocycles. The van der Waals surface area contributed by atoms with Gasteiger partial charge >= 0.3 is 6.09 Å². The molecule has 0 bridgehead atoms. The quantitative estimate of drug-likeness (QED) is 0.566. The number of sulfonamides is 1. The molecule has 1 unspecified atom stereocenters. The largest absolute Gasteiger partial charge is 0.441 e. The molecule has 1 amide bonds. The van der Waals surface area contributed by atoms with E-state index in [9.17, 15) is 13.2 Å². The van der Waals surface area contributed by atoms with Crippen LogP contribution < -0.4 is 10.0 Å². The minimum Gasteiger partial charge on any atom is -0.441 e. The lowest BCUT2D eigenvalue weighted by atomic mass is 10.1. The van der Waals surface area contributed by atoms with Crippen LogP contribution in [0.15, 0.2) is 30.6 Å². The van der Waals surface area contributed by atoms with Gasteiger partial charge in [0, 0.05) is 24.5 Å². The van der Waals surface area contributed by atoms with Crippen LogP contribution in [0.2, 0.25) is 5.02 Å². The van der Waals surface area contributed by atoms with E-state index in [-0.39, 0.29) is 5.82 Å². The number of carbonyl (C=O) groups excluding carboxylic acids is 1. The van der Waals surface area contributed by atoms with Crippen LogP contribution in [-0.2, 0) is 21.8 Å². The van der Waals surface area contributed by atoms with E-state index in [2.05, 4.69) is 30.3 Å². The number of nitrogens with one attached hydrogen (secondary N) is 2. The summed E-state index contributed by atoms with van der Waals surface area (Å²) in [5.74, 6) is 0.259. The summed E-state index contributed by atoms with van der Waals surface area (Å²) in [5, 5.41) is 11.0. The second-order valence-corrected chi connectivity index (χ2v) is 8.90. The van der Waals surface area contributed by atoms with Crippen molar-refractivity contribution in [3.63, 3.8) is 0 Å². The zero-order chi connectivity index (χ0) is 22.8. The number of anilines is 2. The molecule has 0 fully saturated rings. The third-order valence-electron chi connectivity index (χ3n) is 4.17. The van der Waals surface area contributed by atoms with Gasteiger partial charge in [0.1, 0.15) is 6.10 Å². The molecule has 0 spiro atoms. The molecule has 11 nitrogen and oxygen atoms in total. The molecule has 31 heavy (non-hydrogen) atoms. The van der Waals surface area contributed by atoms with Crippen molar-refractivity contribution in [3.05, 3.63) is 46.9 Å². The van der Waals surface area contributed by atoms with Crippen LogP contribution in [0, 0.1) is 6.92 Å². The van der Waals surface area contributed by atoms with Gasteiger partial charge in [-0.1, -0.05) is 16.8 Å². The van der Waals surface area contributed by atoms with Crippen molar-refractivity contribution >= 4 is 39.2 Å². The Labute approximate surface area is 183 Å². The first-order chi connectivity index (χ1) is 14.5. The number of hydrogen-bond acceptors (Lipinski definition) is 8. The lowest BCUT2D eigenvalue weighted by molar-refractivity contribution is 0.120. The predicted molar refractivity (Wildman–Crippen MR) is 115 cm³/mol. The van der Waals surface area contributed by atoms with Crippen molar-refractivity contribution in [1.82, 2.24) is 25.0 Å². The number of ether oxygens (including phenoxy) is 1. The van der Waals surface area contributed by atoms with Crippen LogP contribution in [0.1, 0.15) is 24.3 Å². The highest BCUT2D eigenvalue weighted by Crippen LogP contribution is 2.26. The monoisotopic (exact) mass is 465 g/mol. The Bertz CT molecular complexity index is 1210. The molecule has 0 aliphatic heterocycles. The highest BCUT2D eigenvalue weighted by atomic mass is 35.5. The van der Waals surface area contributed by atoms with Gasteiger partial charge in [-0.3, -0.25) is 20.0 Å². The van der Waals surface area contributed by atoms with Gasteiger partial charge in [0.05, 0.1) is 28.9 Å². The fourth-order valence-corrected chi connectivity index (χ4v) is 3.48. The van der Waals surface area contributed by atoms with Crippen LogP contribution in [0.4, 0.5) is 16.3 Å². The third kappa shape index (κ3) is 5.67. The summed E-state index contributed by atoms with van der Waals surface area (Å²) in [6.07, 6.45) is 2.57. The summed E-state index contributed by atoms with van der Waals surface area (Å²) in [7, 11) is -1.83. The van der Waals surface area contributed by atoms with Crippen LogP contribution in [0.25, 0.3) is 11.4 Å². The Kier molecular flexibility index (Phi) is 6.41. The summed E-state index contributed by atoms with van der Waals surface area (Å²) in [5.41, 5.74) is 2.34. The van der Waals surface area contributed by atoms with E-state index in [1.54, 1.807) is 33.0 Å². The van der Waals surface area contributed by atoms with Crippen molar-refractivity contribution < 1.29 is 17.9 Å². The number of aromatic nitrogens is 5. The maximum absolute atomic E-state index is 12.5. The number of nitrogens with zero attached hydrogens (tertiary/aromatic N) is 5. The van der Waals surface area contributed by atoms with Gasteiger partial charge in [-0.05, 0) is 32.0 Å². The number of pyridine rings is 2. The summed E-state index contributed by atoms with van der Waals surface area (Å²) >= 11 is 5.99. The maximum atomic E-state index is 12.5. The summed E-state index contributed by atoms with van der Waals surface area (Å²) in [4.78, 5) is 20.8. The van der Waals surface area contributed by atoms with E-state index < -0.39 is 22.2 Å². The van der Waals surface area contributed by atoms with Crippen molar-refractivity contribution in [2.75, 3.05) is 16.3 Å². The summed E-state index contributed by atoms with van der Waals surface area (Å²) < 4.78 is 31.8. The first-order valence-electron chi connectivity index (χ1n) is 8.97. The van der Waals surface area contributed by atoms with Crippen molar-refractivity contribution in [2.45, 2.75) is 20.0 Å². The van der Waals surface area contributed by atoms with Gasteiger partial charge in [-0.15, -0.1) is 5.10 Å². The molecule has 3 aromatic rings. The standard InChI is InChI=1S/C18H20ClN7O4S/c1-10-14(7-12(19)8-20-10)11(2)30-18(27)22-17-16(23-25-26(17)3)15-6-5-13(9-21-15)24-31(4,28)29/h5-9,11,24H,1-4H3,(H,22,27). The molecule has 3 heterocycles. The highest BCUT2D eigenvalue weighted by molar-refractivity contribution is 7.92. The second-order valence-electron chi connectivity index (χ2n) is 6.72. The van der Waals surface area contributed by atoms with E-state index in [1.165, 1.54) is 23.1 Å². The second kappa shape index (κ2) is 8.86. The molecule has 0 aliphatic rings. The SMILES string of the molecule is Cc1ncc(Cl)cc1C(C)OC(=O)Nc1c(-c2ccc(NS(C)(=O)=O)cn2)nnn1C. The smallest absolute Gasteiger partial charge is 0.413 e. The zero-order valence-electron chi connectivity index (χ0n) is 17.1. The van der Waals surface area contributed by atoms with Gasteiger partial charge in [0.2, 0.25) is 10.0 Å². The molecule has 3 rings (SSSR count). The molecule has 3 aromatic heterocycles. The Morgan fingerprint density at radius 1 is 1.26 bits per heavy atom. The van der Waals surface area contributed by atoms with E-state index in [1.807, 2.05) is 0 Å². The molecule has 164 valence electrons. The van der Waals surface area contributed by atoms with Gasteiger partial charge < -0.3 is 4.74 Å². The first kappa shape index (κ1) is 22.4. The number of rotatable bonds is 6. The van der Waals surface area contributed by atoms with Crippen molar-refractivity contribution in [3.8, 4) is 11.4 Å². The Balaban J connectivity index is 1.76. The molecular formula is C18H20ClN7O4S. The van der Waals surface area contributed by atoms with E-state index in [0.717, 1.165) is 6.26 Å². The Morgan fingerprint density at radius 3 is 2.65 bits per heavy atom. The minimum absolute atomic E-state index is 0.259. The maximum Gasteiger partial charge on any atom is 0.413 e. The van der Waals surface area contributed by atoms with Gasteiger partial charge in [0.25, 0.3) is 0 Å². The van der Waals surface area contributed by atoms with Crippen molar-refractivity contribution in [1.29, 1.82) is 0 Å². The average molecular weight is 466 g/mol. The molecule has 0 aliphatic carbocycles. The highest BCUT2D eigenvalue weighted by Gasteiger charge is 2.20. The van der Waals surface area contributed by atoms with Crippen LogP contribution in [-0.4, -0.2) is 45.7 Å². The normalized spacial score (nSPS) is 12.3. The molecule has 0 aromatic carbocycles. The number of carbonyl (C=O) groups is 1. The number of hydrogen-bond donors (Lipinski definition) is 2. The van der Waals surface area contributed by atoms with Crippen LogP contribution in [0.3, 0.4) is 0 Å². The van der Waals surface area contributed by atoms with Crippen molar-refractivity contribution in [2.24, 2.45) is 7.05 Å². The molecular weight excluding hydrogens is 446 g/mol. The van der Waals surface area contributed by atoms with Crippen LogP contribution in [0.5, 0.6) is 0 Å². The number of aryl methyl sites for hydroxylation is 2. The minimum atomic E-state index is -3.42. The topological polar surface area (TPSA) is 141 Å².